The van der Waals surface area contributed by atoms with Crippen LogP contribution in [0.4, 0.5) is 5.82 Å². The number of amides is 1. The number of rotatable bonds is 4. The van der Waals surface area contributed by atoms with Crippen LogP contribution in [0.2, 0.25) is 0 Å². The standard InChI is InChI=1S/C18H17BrN4O3S/c19-15-6-7-17(21-11-15)22-18(24)14-4-2-8-23(12-14)27(25,26)16-5-1-3-13(9-16)10-20/h1,3,5-7,9,11,14H,2,4,8,12H2,(H,21,22,24). The first kappa shape index (κ1) is 19.5. The number of sulfonamides is 1. The van der Waals surface area contributed by atoms with Gasteiger partial charge in [0.25, 0.3) is 0 Å². The Bertz CT molecular complexity index is 986. The number of pyridine rings is 1. The normalized spacial score (nSPS) is 17.9. The van der Waals surface area contributed by atoms with Crippen molar-refractivity contribution in [3.8, 4) is 6.07 Å². The van der Waals surface area contributed by atoms with Crippen LogP contribution in [0.3, 0.4) is 0 Å². The van der Waals surface area contributed by atoms with Crippen LogP contribution in [0, 0.1) is 17.2 Å². The van der Waals surface area contributed by atoms with Crippen LogP contribution in [-0.4, -0.2) is 36.7 Å². The molecule has 2 aromatic rings. The summed E-state index contributed by atoms with van der Waals surface area (Å²) in [5.41, 5.74) is 0.281. The van der Waals surface area contributed by atoms with E-state index in [1.54, 1.807) is 30.5 Å². The van der Waals surface area contributed by atoms with E-state index in [1.807, 2.05) is 6.07 Å². The molecular weight excluding hydrogens is 432 g/mol. The van der Waals surface area contributed by atoms with Gasteiger partial charge in [0, 0.05) is 23.8 Å². The molecule has 0 radical (unpaired) electrons. The highest BCUT2D eigenvalue weighted by molar-refractivity contribution is 9.10. The maximum absolute atomic E-state index is 12.9. The lowest BCUT2D eigenvalue weighted by Gasteiger charge is -2.31. The molecule has 0 aliphatic carbocycles. The lowest BCUT2D eigenvalue weighted by molar-refractivity contribution is -0.120. The first-order chi connectivity index (χ1) is 12.9. The van der Waals surface area contributed by atoms with Crippen molar-refractivity contribution in [2.24, 2.45) is 5.92 Å². The molecule has 1 saturated heterocycles. The highest BCUT2D eigenvalue weighted by Gasteiger charge is 2.33. The topological polar surface area (TPSA) is 103 Å². The number of halogens is 1. The third-order valence-electron chi connectivity index (χ3n) is 4.33. The average Bonchev–Trinajstić information content (AvgIpc) is 2.70. The number of nitriles is 1. The summed E-state index contributed by atoms with van der Waals surface area (Å²) in [6.07, 6.45) is 2.77. The third kappa shape index (κ3) is 4.53. The molecule has 140 valence electrons. The number of carbonyl (C=O) groups is 1. The Balaban J connectivity index is 1.74. The van der Waals surface area contributed by atoms with Gasteiger partial charge < -0.3 is 5.32 Å². The second kappa shape index (κ2) is 8.17. The molecule has 1 fully saturated rings. The van der Waals surface area contributed by atoms with Crippen LogP contribution in [0.25, 0.3) is 0 Å². The van der Waals surface area contributed by atoms with Crippen molar-refractivity contribution in [3.63, 3.8) is 0 Å². The minimum absolute atomic E-state index is 0.0668. The summed E-state index contributed by atoms with van der Waals surface area (Å²) in [7, 11) is -3.76. The molecule has 3 rings (SSSR count). The number of aromatic nitrogens is 1. The van der Waals surface area contributed by atoms with Gasteiger partial charge in [0.15, 0.2) is 0 Å². The van der Waals surface area contributed by atoms with Gasteiger partial charge in [0.2, 0.25) is 15.9 Å². The van der Waals surface area contributed by atoms with Gasteiger partial charge in [0.1, 0.15) is 5.82 Å². The van der Waals surface area contributed by atoms with Gasteiger partial charge >= 0.3 is 0 Å². The molecule has 27 heavy (non-hydrogen) atoms. The van der Waals surface area contributed by atoms with Crippen LogP contribution in [0.15, 0.2) is 52.0 Å². The number of carbonyl (C=O) groups excluding carboxylic acids is 1. The van der Waals surface area contributed by atoms with E-state index in [-0.39, 0.29) is 22.9 Å². The number of piperidine rings is 1. The van der Waals surface area contributed by atoms with Crippen molar-refractivity contribution in [1.82, 2.24) is 9.29 Å². The van der Waals surface area contributed by atoms with Crippen molar-refractivity contribution in [1.29, 1.82) is 5.26 Å². The van der Waals surface area contributed by atoms with Crippen LogP contribution in [0.5, 0.6) is 0 Å². The molecule has 1 aliphatic heterocycles. The predicted molar refractivity (Wildman–Crippen MR) is 103 cm³/mol. The predicted octanol–water partition coefficient (Wildman–Crippen LogP) is 2.76. The molecule has 1 unspecified atom stereocenters. The lowest BCUT2D eigenvalue weighted by atomic mass is 9.99. The van der Waals surface area contributed by atoms with Gasteiger partial charge in [-0.3, -0.25) is 4.79 Å². The average molecular weight is 449 g/mol. The zero-order chi connectivity index (χ0) is 19.4. The molecule has 1 aromatic heterocycles. The molecule has 1 aromatic carbocycles. The SMILES string of the molecule is N#Cc1cccc(S(=O)(=O)N2CCCC(C(=O)Nc3ccc(Br)cn3)C2)c1. The fourth-order valence-electron chi connectivity index (χ4n) is 2.93. The molecule has 0 spiro atoms. The lowest BCUT2D eigenvalue weighted by Crippen LogP contribution is -2.43. The summed E-state index contributed by atoms with van der Waals surface area (Å²) < 4.78 is 27.9. The summed E-state index contributed by atoms with van der Waals surface area (Å²) in [6, 6.07) is 11.3. The number of benzene rings is 1. The second-order valence-corrected chi connectivity index (χ2v) is 9.05. The van der Waals surface area contributed by atoms with Crippen LogP contribution in [-0.2, 0) is 14.8 Å². The van der Waals surface area contributed by atoms with E-state index in [0.29, 0.717) is 25.2 Å². The van der Waals surface area contributed by atoms with Gasteiger partial charge in [-0.15, -0.1) is 0 Å². The van der Waals surface area contributed by atoms with Gasteiger partial charge in [0.05, 0.1) is 22.4 Å². The first-order valence-corrected chi connectivity index (χ1v) is 10.6. The van der Waals surface area contributed by atoms with E-state index in [1.165, 1.54) is 16.4 Å². The van der Waals surface area contributed by atoms with Crippen molar-refractivity contribution in [2.45, 2.75) is 17.7 Å². The van der Waals surface area contributed by atoms with E-state index in [9.17, 15) is 13.2 Å². The van der Waals surface area contributed by atoms with Crippen LogP contribution < -0.4 is 5.32 Å². The quantitative estimate of drug-likeness (QED) is 0.773. The van der Waals surface area contributed by atoms with E-state index in [4.69, 9.17) is 5.26 Å². The van der Waals surface area contributed by atoms with Gasteiger partial charge in [-0.25, -0.2) is 13.4 Å². The summed E-state index contributed by atoms with van der Waals surface area (Å²) in [5.74, 6) is -0.293. The number of nitrogens with zero attached hydrogens (tertiary/aromatic N) is 3. The van der Waals surface area contributed by atoms with E-state index in [2.05, 4.69) is 26.2 Å². The van der Waals surface area contributed by atoms with E-state index < -0.39 is 15.9 Å². The summed E-state index contributed by atoms with van der Waals surface area (Å²) in [6.45, 7) is 0.445. The molecule has 1 aliphatic rings. The smallest absolute Gasteiger partial charge is 0.243 e. The van der Waals surface area contributed by atoms with E-state index >= 15 is 0 Å². The Morgan fingerprint density at radius 2 is 2.15 bits per heavy atom. The van der Waals surface area contributed by atoms with Crippen molar-refractivity contribution in [3.05, 3.63) is 52.6 Å². The van der Waals surface area contributed by atoms with Crippen molar-refractivity contribution < 1.29 is 13.2 Å². The molecular formula is C18H17BrN4O3S. The highest BCUT2D eigenvalue weighted by Crippen LogP contribution is 2.25. The third-order valence-corrected chi connectivity index (χ3v) is 6.66. The highest BCUT2D eigenvalue weighted by atomic mass is 79.9. The number of hydrogen-bond donors (Lipinski definition) is 1. The molecule has 1 amide bonds. The molecule has 0 saturated carbocycles. The van der Waals surface area contributed by atoms with Crippen LogP contribution >= 0.6 is 15.9 Å². The number of anilines is 1. The Morgan fingerprint density at radius 3 is 2.85 bits per heavy atom. The molecule has 0 bridgehead atoms. The Morgan fingerprint density at radius 1 is 1.33 bits per heavy atom. The first-order valence-electron chi connectivity index (χ1n) is 8.33. The van der Waals surface area contributed by atoms with E-state index in [0.717, 1.165) is 4.47 Å². The van der Waals surface area contributed by atoms with Crippen LogP contribution in [0.1, 0.15) is 18.4 Å². The number of hydrogen-bond acceptors (Lipinski definition) is 5. The minimum atomic E-state index is -3.76. The molecule has 9 heteroatoms. The monoisotopic (exact) mass is 448 g/mol. The van der Waals surface area contributed by atoms with Crippen molar-refractivity contribution >= 4 is 37.7 Å². The Kier molecular flexibility index (Phi) is 5.89. The second-order valence-electron chi connectivity index (χ2n) is 6.19. The summed E-state index contributed by atoms with van der Waals surface area (Å²) >= 11 is 3.28. The summed E-state index contributed by atoms with van der Waals surface area (Å²) in [4.78, 5) is 16.7. The van der Waals surface area contributed by atoms with Gasteiger partial charge in [-0.1, -0.05) is 6.07 Å². The fourth-order valence-corrected chi connectivity index (χ4v) is 4.73. The number of nitrogens with one attached hydrogen (secondary N) is 1. The zero-order valence-corrected chi connectivity index (χ0v) is 16.7. The van der Waals surface area contributed by atoms with Gasteiger partial charge in [-0.05, 0) is 59.1 Å². The maximum atomic E-state index is 12.9. The largest absolute Gasteiger partial charge is 0.310 e. The zero-order valence-electron chi connectivity index (χ0n) is 14.3. The Hall–Kier alpha value is -2.28. The molecule has 2 heterocycles. The molecule has 1 N–H and O–H groups in total. The molecule has 1 atom stereocenters. The maximum Gasteiger partial charge on any atom is 0.243 e. The minimum Gasteiger partial charge on any atom is -0.310 e. The summed E-state index contributed by atoms with van der Waals surface area (Å²) in [5, 5.41) is 11.7. The Labute approximate surface area is 166 Å². The van der Waals surface area contributed by atoms with Crippen molar-refractivity contribution in [2.75, 3.05) is 18.4 Å². The van der Waals surface area contributed by atoms with Gasteiger partial charge in [-0.2, -0.15) is 9.57 Å². The molecule has 7 nitrogen and oxygen atoms in total. The fraction of sp³-hybridized carbons (Fsp3) is 0.278.